The summed E-state index contributed by atoms with van der Waals surface area (Å²) in [6.07, 6.45) is 2.34. The van der Waals surface area contributed by atoms with Gasteiger partial charge >= 0.3 is 0 Å². The molecule has 2 heterocycles. The van der Waals surface area contributed by atoms with Gasteiger partial charge < -0.3 is 11.1 Å². The molecule has 0 radical (unpaired) electrons. The molecule has 0 unspecified atom stereocenters. The standard InChI is InChI=1S/C10H11ClN4S/c11-8-9(12)14-6-15-10(8)13-4-3-7-2-1-5-16-7/h1-2,5-6H,3-4H2,(H3,12,13,14,15). The summed E-state index contributed by atoms with van der Waals surface area (Å²) in [5.74, 6) is 0.890. The Kier molecular flexibility index (Phi) is 3.58. The molecule has 6 heteroatoms. The first-order valence-electron chi connectivity index (χ1n) is 4.79. The number of nitrogens with two attached hydrogens (primary N) is 1. The lowest BCUT2D eigenvalue weighted by atomic mass is 10.3. The summed E-state index contributed by atoms with van der Waals surface area (Å²) in [5.41, 5.74) is 5.57. The second-order valence-electron chi connectivity index (χ2n) is 3.18. The molecule has 0 aliphatic heterocycles. The van der Waals surface area contributed by atoms with E-state index in [-0.39, 0.29) is 0 Å². The zero-order chi connectivity index (χ0) is 11.4. The molecule has 0 saturated carbocycles. The first-order chi connectivity index (χ1) is 7.77. The van der Waals surface area contributed by atoms with Gasteiger partial charge in [-0.15, -0.1) is 11.3 Å². The third-order valence-corrected chi connectivity index (χ3v) is 3.37. The summed E-state index contributed by atoms with van der Waals surface area (Å²) in [4.78, 5) is 9.15. The van der Waals surface area contributed by atoms with E-state index in [0.29, 0.717) is 16.7 Å². The van der Waals surface area contributed by atoms with E-state index in [0.717, 1.165) is 13.0 Å². The zero-order valence-corrected chi connectivity index (χ0v) is 10.1. The highest BCUT2D eigenvalue weighted by molar-refractivity contribution is 7.09. The summed E-state index contributed by atoms with van der Waals surface area (Å²) in [6.45, 7) is 0.774. The van der Waals surface area contributed by atoms with Gasteiger partial charge in [0.1, 0.15) is 23.0 Å². The summed E-state index contributed by atoms with van der Waals surface area (Å²) in [6, 6.07) is 4.14. The molecule has 0 spiro atoms. The van der Waals surface area contributed by atoms with Crippen LogP contribution in [0.15, 0.2) is 23.8 Å². The van der Waals surface area contributed by atoms with E-state index in [2.05, 4.69) is 26.7 Å². The molecule has 0 amide bonds. The summed E-state index contributed by atoms with van der Waals surface area (Å²) in [7, 11) is 0. The van der Waals surface area contributed by atoms with Crippen molar-refractivity contribution in [2.24, 2.45) is 0 Å². The molecule has 84 valence electrons. The highest BCUT2D eigenvalue weighted by Gasteiger charge is 2.05. The zero-order valence-electron chi connectivity index (χ0n) is 8.48. The van der Waals surface area contributed by atoms with Gasteiger partial charge in [-0.25, -0.2) is 9.97 Å². The lowest BCUT2D eigenvalue weighted by molar-refractivity contribution is 1.02. The average molecular weight is 255 g/mol. The first-order valence-corrected chi connectivity index (χ1v) is 6.05. The van der Waals surface area contributed by atoms with Crippen molar-refractivity contribution in [1.29, 1.82) is 0 Å². The predicted octanol–water partition coefficient (Wildman–Crippen LogP) is 2.43. The van der Waals surface area contributed by atoms with Crippen molar-refractivity contribution in [3.05, 3.63) is 33.7 Å². The summed E-state index contributed by atoms with van der Waals surface area (Å²) >= 11 is 7.68. The highest BCUT2D eigenvalue weighted by Crippen LogP contribution is 2.23. The Morgan fingerprint density at radius 2 is 2.31 bits per heavy atom. The van der Waals surface area contributed by atoms with Gasteiger partial charge in [0.2, 0.25) is 0 Å². The molecule has 2 rings (SSSR count). The van der Waals surface area contributed by atoms with Crippen LogP contribution in [-0.4, -0.2) is 16.5 Å². The van der Waals surface area contributed by atoms with Gasteiger partial charge in [0.25, 0.3) is 0 Å². The van der Waals surface area contributed by atoms with Crippen LogP contribution in [0.4, 0.5) is 11.6 Å². The van der Waals surface area contributed by atoms with Crippen molar-refractivity contribution in [2.75, 3.05) is 17.6 Å². The van der Waals surface area contributed by atoms with Crippen LogP contribution >= 0.6 is 22.9 Å². The Hall–Kier alpha value is -1.33. The Bertz CT molecular complexity index is 458. The van der Waals surface area contributed by atoms with Crippen molar-refractivity contribution in [2.45, 2.75) is 6.42 Å². The number of hydrogen-bond acceptors (Lipinski definition) is 5. The van der Waals surface area contributed by atoms with Crippen LogP contribution in [0.3, 0.4) is 0 Å². The molecule has 0 fully saturated rings. The summed E-state index contributed by atoms with van der Waals surface area (Å²) in [5, 5.41) is 5.58. The van der Waals surface area contributed by atoms with Gasteiger partial charge in [0.15, 0.2) is 0 Å². The molecule has 0 atom stereocenters. The third-order valence-electron chi connectivity index (χ3n) is 2.06. The van der Waals surface area contributed by atoms with Crippen LogP contribution in [-0.2, 0) is 6.42 Å². The van der Waals surface area contributed by atoms with Crippen LogP contribution in [0.25, 0.3) is 0 Å². The Labute approximate surface area is 102 Å². The smallest absolute Gasteiger partial charge is 0.150 e. The normalized spacial score (nSPS) is 10.3. The molecule has 2 aromatic rings. The molecule has 0 bridgehead atoms. The lowest BCUT2D eigenvalue weighted by Crippen LogP contribution is -2.07. The van der Waals surface area contributed by atoms with E-state index in [1.54, 1.807) is 11.3 Å². The number of aromatic nitrogens is 2. The first kappa shape index (κ1) is 11.2. The molecule has 3 N–H and O–H groups in total. The predicted molar refractivity (Wildman–Crippen MR) is 68.0 cm³/mol. The van der Waals surface area contributed by atoms with Crippen molar-refractivity contribution in [1.82, 2.24) is 9.97 Å². The van der Waals surface area contributed by atoms with E-state index in [1.165, 1.54) is 11.2 Å². The fraction of sp³-hybridized carbons (Fsp3) is 0.200. The number of thiophene rings is 1. The number of anilines is 2. The van der Waals surface area contributed by atoms with Gasteiger partial charge in [-0.05, 0) is 17.9 Å². The maximum absolute atomic E-state index is 5.94. The lowest BCUT2D eigenvalue weighted by Gasteiger charge is -2.06. The average Bonchev–Trinajstić information content (AvgIpc) is 2.77. The minimum Gasteiger partial charge on any atom is -0.382 e. The SMILES string of the molecule is Nc1ncnc(NCCc2cccs2)c1Cl. The number of nitrogens with zero attached hydrogens (tertiary/aromatic N) is 2. The number of nitrogen functional groups attached to an aromatic ring is 1. The fourth-order valence-corrected chi connectivity index (χ4v) is 2.14. The number of halogens is 1. The number of nitrogens with one attached hydrogen (secondary N) is 1. The van der Waals surface area contributed by atoms with E-state index in [9.17, 15) is 0 Å². The quantitative estimate of drug-likeness (QED) is 0.880. The van der Waals surface area contributed by atoms with E-state index in [4.69, 9.17) is 17.3 Å². The highest BCUT2D eigenvalue weighted by atomic mass is 35.5. The molecule has 16 heavy (non-hydrogen) atoms. The van der Waals surface area contributed by atoms with E-state index in [1.807, 2.05) is 6.07 Å². The van der Waals surface area contributed by atoms with Gasteiger partial charge in [0, 0.05) is 11.4 Å². The minimum atomic E-state index is 0.301. The van der Waals surface area contributed by atoms with Crippen molar-refractivity contribution < 1.29 is 0 Å². The third kappa shape index (κ3) is 2.62. The largest absolute Gasteiger partial charge is 0.382 e. The fourth-order valence-electron chi connectivity index (χ4n) is 1.27. The van der Waals surface area contributed by atoms with E-state index < -0.39 is 0 Å². The van der Waals surface area contributed by atoms with Gasteiger partial charge in [-0.2, -0.15) is 0 Å². The Balaban J connectivity index is 1.92. The molecular weight excluding hydrogens is 244 g/mol. The second-order valence-corrected chi connectivity index (χ2v) is 4.59. The monoisotopic (exact) mass is 254 g/mol. The second kappa shape index (κ2) is 5.14. The minimum absolute atomic E-state index is 0.301. The maximum atomic E-state index is 5.94. The molecule has 0 aliphatic carbocycles. The van der Waals surface area contributed by atoms with E-state index >= 15 is 0 Å². The van der Waals surface area contributed by atoms with Crippen molar-refractivity contribution in [3.8, 4) is 0 Å². The van der Waals surface area contributed by atoms with Crippen LogP contribution in [0.1, 0.15) is 4.88 Å². The molecular formula is C10H11ClN4S. The van der Waals surface area contributed by atoms with Gasteiger partial charge in [-0.3, -0.25) is 0 Å². The van der Waals surface area contributed by atoms with Crippen LogP contribution in [0.5, 0.6) is 0 Å². The topological polar surface area (TPSA) is 63.8 Å². The number of hydrogen-bond donors (Lipinski definition) is 2. The molecule has 0 aromatic carbocycles. The molecule has 0 saturated heterocycles. The van der Waals surface area contributed by atoms with Gasteiger partial charge in [0.05, 0.1) is 0 Å². The van der Waals surface area contributed by atoms with Gasteiger partial charge in [-0.1, -0.05) is 17.7 Å². The Morgan fingerprint density at radius 3 is 3.06 bits per heavy atom. The molecule has 4 nitrogen and oxygen atoms in total. The summed E-state index contributed by atoms with van der Waals surface area (Å²) < 4.78 is 0. The van der Waals surface area contributed by atoms with Crippen molar-refractivity contribution >= 4 is 34.6 Å². The molecule has 2 aromatic heterocycles. The van der Waals surface area contributed by atoms with Crippen LogP contribution in [0, 0.1) is 0 Å². The maximum Gasteiger partial charge on any atom is 0.150 e. The Morgan fingerprint density at radius 1 is 1.44 bits per heavy atom. The van der Waals surface area contributed by atoms with Crippen LogP contribution < -0.4 is 11.1 Å². The molecule has 0 aliphatic rings. The number of rotatable bonds is 4. The van der Waals surface area contributed by atoms with Crippen LogP contribution in [0.2, 0.25) is 5.02 Å². The van der Waals surface area contributed by atoms with Crippen molar-refractivity contribution in [3.63, 3.8) is 0 Å².